The van der Waals surface area contributed by atoms with Crippen LogP contribution in [0.2, 0.25) is 0 Å². The Balaban J connectivity index is 2.56. The molecule has 0 aromatic carbocycles. The largest absolute Gasteiger partial charge is 0.378 e. The van der Waals surface area contributed by atoms with Crippen molar-refractivity contribution < 1.29 is 4.92 Å². The number of pyridine rings is 1. The van der Waals surface area contributed by atoms with Gasteiger partial charge in [0.2, 0.25) is 5.82 Å². The molecule has 0 saturated carbocycles. The molecule has 0 aliphatic heterocycles. The summed E-state index contributed by atoms with van der Waals surface area (Å²) in [5.41, 5.74) is 6.00. The topological polar surface area (TPSA) is 99.9 Å². The van der Waals surface area contributed by atoms with E-state index in [4.69, 9.17) is 5.73 Å². The summed E-state index contributed by atoms with van der Waals surface area (Å²) < 4.78 is 1.32. The summed E-state index contributed by atoms with van der Waals surface area (Å²) in [6.45, 7) is 5.98. The van der Waals surface area contributed by atoms with Crippen LogP contribution in [0.3, 0.4) is 0 Å². The number of nitrogens with two attached hydrogens (primary N) is 1. The van der Waals surface area contributed by atoms with E-state index in [0.29, 0.717) is 17.9 Å². The van der Waals surface area contributed by atoms with Gasteiger partial charge in [0.05, 0.1) is 4.92 Å². The van der Waals surface area contributed by atoms with Crippen LogP contribution in [0.5, 0.6) is 0 Å². The fraction of sp³-hybridized carbons (Fsp3) is 0.385. The predicted octanol–water partition coefficient (Wildman–Crippen LogP) is 2.35. The minimum Gasteiger partial charge on any atom is -0.378 e. The first kappa shape index (κ1) is 14.0. The van der Waals surface area contributed by atoms with Crippen LogP contribution in [0.1, 0.15) is 26.5 Å². The van der Waals surface area contributed by atoms with Gasteiger partial charge in [-0.3, -0.25) is 10.1 Å². The Bertz CT molecular complexity index is 628. The highest BCUT2D eigenvalue weighted by molar-refractivity contribution is 5.59. The average Bonchev–Trinajstić information content (AvgIpc) is 2.65. The highest BCUT2D eigenvalue weighted by atomic mass is 16.6. The molecule has 0 radical (unpaired) electrons. The molecule has 0 spiro atoms. The van der Waals surface area contributed by atoms with E-state index in [2.05, 4.69) is 10.1 Å². The van der Waals surface area contributed by atoms with Crippen molar-refractivity contribution in [1.29, 1.82) is 0 Å². The molecule has 0 aliphatic rings. The summed E-state index contributed by atoms with van der Waals surface area (Å²) >= 11 is 0. The maximum absolute atomic E-state index is 11.2. The van der Waals surface area contributed by atoms with E-state index in [0.717, 1.165) is 0 Å². The molecule has 0 bridgehead atoms. The van der Waals surface area contributed by atoms with Gasteiger partial charge in [-0.05, 0) is 17.5 Å². The van der Waals surface area contributed by atoms with Gasteiger partial charge >= 0.3 is 5.69 Å². The zero-order valence-electron chi connectivity index (χ0n) is 11.7. The van der Waals surface area contributed by atoms with E-state index in [9.17, 15) is 10.1 Å². The van der Waals surface area contributed by atoms with Crippen molar-refractivity contribution in [3.05, 3.63) is 40.2 Å². The maximum Gasteiger partial charge on any atom is 0.334 e. The Morgan fingerprint density at radius 2 is 2.10 bits per heavy atom. The monoisotopic (exact) mass is 275 g/mol. The molecule has 0 fully saturated rings. The number of anilines is 1. The molecule has 2 N–H and O–H groups in total. The molecule has 106 valence electrons. The number of aromatic nitrogens is 3. The normalized spacial score (nSPS) is 11.6. The minimum atomic E-state index is -0.483. The number of nitrogen functional groups attached to an aromatic ring is 1. The summed E-state index contributed by atoms with van der Waals surface area (Å²) in [7, 11) is 0. The molecule has 0 saturated heterocycles. The predicted molar refractivity (Wildman–Crippen MR) is 75.6 cm³/mol. The second kappa shape index (κ2) is 4.92. The van der Waals surface area contributed by atoms with Crippen LogP contribution in [0.15, 0.2) is 24.4 Å². The quantitative estimate of drug-likeness (QED) is 0.684. The molecular formula is C13H17N5O2. The first-order valence-corrected chi connectivity index (χ1v) is 6.23. The van der Waals surface area contributed by atoms with Gasteiger partial charge in [0.25, 0.3) is 0 Å². The summed E-state index contributed by atoms with van der Waals surface area (Å²) in [5.74, 6) is 0.473. The molecule has 0 atom stereocenters. The van der Waals surface area contributed by atoms with E-state index >= 15 is 0 Å². The van der Waals surface area contributed by atoms with Gasteiger partial charge in [0, 0.05) is 12.6 Å². The average molecular weight is 275 g/mol. The lowest BCUT2D eigenvalue weighted by Crippen LogP contribution is -2.11. The fourth-order valence-electron chi connectivity index (χ4n) is 1.94. The Morgan fingerprint density at radius 1 is 1.40 bits per heavy atom. The highest BCUT2D eigenvalue weighted by Crippen LogP contribution is 2.32. The van der Waals surface area contributed by atoms with Crippen LogP contribution in [0, 0.1) is 15.5 Å². The molecule has 2 aromatic rings. The van der Waals surface area contributed by atoms with Gasteiger partial charge in [-0.25, -0.2) is 4.98 Å². The zero-order chi connectivity index (χ0) is 14.9. The lowest BCUT2D eigenvalue weighted by molar-refractivity contribution is -0.384. The van der Waals surface area contributed by atoms with Crippen molar-refractivity contribution in [2.24, 2.45) is 5.41 Å². The van der Waals surface area contributed by atoms with Crippen LogP contribution in [0.4, 0.5) is 11.5 Å². The Hall–Kier alpha value is -2.44. The summed E-state index contributed by atoms with van der Waals surface area (Å²) in [6, 6.07) is 5.24. The van der Waals surface area contributed by atoms with Gasteiger partial charge in [0.1, 0.15) is 5.69 Å². The number of hydrogen-bond donors (Lipinski definition) is 1. The van der Waals surface area contributed by atoms with Crippen molar-refractivity contribution in [3.63, 3.8) is 0 Å². The SMILES string of the molecule is CC(C)(C)Cc1nn(-c2ccccn2)c(N)c1[N+](=O)[O-]. The van der Waals surface area contributed by atoms with Crippen LogP contribution < -0.4 is 5.73 Å². The van der Waals surface area contributed by atoms with Crippen molar-refractivity contribution in [1.82, 2.24) is 14.8 Å². The summed E-state index contributed by atoms with van der Waals surface area (Å²) in [6.07, 6.45) is 2.05. The summed E-state index contributed by atoms with van der Waals surface area (Å²) in [5, 5.41) is 15.5. The molecule has 7 nitrogen and oxygen atoms in total. The Labute approximate surface area is 116 Å². The van der Waals surface area contributed by atoms with Gasteiger partial charge in [-0.15, -0.1) is 0 Å². The van der Waals surface area contributed by atoms with Crippen molar-refractivity contribution in [2.75, 3.05) is 5.73 Å². The Morgan fingerprint density at radius 3 is 2.60 bits per heavy atom. The second-order valence-corrected chi connectivity index (χ2v) is 5.77. The molecule has 7 heteroatoms. The van der Waals surface area contributed by atoms with Gasteiger partial charge in [-0.1, -0.05) is 26.8 Å². The molecule has 0 aliphatic carbocycles. The highest BCUT2D eigenvalue weighted by Gasteiger charge is 2.29. The van der Waals surface area contributed by atoms with Crippen LogP contribution in [-0.2, 0) is 6.42 Å². The van der Waals surface area contributed by atoms with Gasteiger partial charge in [-0.2, -0.15) is 9.78 Å². The first-order chi connectivity index (χ1) is 9.29. The number of nitrogens with zero attached hydrogens (tertiary/aromatic N) is 4. The molecular weight excluding hydrogens is 258 g/mol. The first-order valence-electron chi connectivity index (χ1n) is 6.23. The van der Waals surface area contributed by atoms with E-state index < -0.39 is 4.92 Å². The zero-order valence-corrected chi connectivity index (χ0v) is 11.7. The third-order valence-electron chi connectivity index (χ3n) is 2.71. The molecule has 0 unspecified atom stereocenters. The molecule has 2 aromatic heterocycles. The van der Waals surface area contributed by atoms with Gasteiger partial charge in [0.15, 0.2) is 5.82 Å². The minimum absolute atomic E-state index is 0.00736. The van der Waals surface area contributed by atoms with Crippen molar-refractivity contribution >= 4 is 11.5 Å². The van der Waals surface area contributed by atoms with E-state index in [1.165, 1.54) is 4.68 Å². The molecule has 0 amide bonds. The number of rotatable bonds is 3. The third-order valence-corrected chi connectivity index (χ3v) is 2.71. The Kier molecular flexibility index (Phi) is 3.44. The third kappa shape index (κ3) is 2.76. The maximum atomic E-state index is 11.2. The number of nitro groups is 1. The lowest BCUT2D eigenvalue weighted by atomic mass is 9.90. The van der Waals surface area contributed by atoms with Gasteiger partial charge < -0.3 is 5.73 Å². The van der Waals surface area contributed by atoms with Crippen molar-refractivity contribution in [2.45, 2.75) is 27.2 Å². The molecule has 2 rings (SSSR count). The standard InChI is InChI=1S/C13H17N5O2/c1-13(2,3)8-9-11(18(19)20)12(14)17(16-9)10-6-4-5-7-15-10/h4-7H,8,14H2,1-3H3. The van der Waals surface area contributed by atoms with E-state index in [1.54, 1.807) is 24.4 Å². The van der Waals surface area contributed by atoms with E-state index in [1.807, 2.05) is 20.8 Å². The summed E-state index contributed by atoms with van der Waals surface area (Å²) in [4.78, 5) is 14.9. The molecule has 2 heterocycles. The fourth-order valence-corrected chi connectivity index (χ4v) is 1.94. The van der Waals surface area contributed by atoms with Crippen LogP contribution in [-0.4, -0.2) is 19.7 Å². The lowest BCUT2D eigenvalue weighted by Gasteiger charge is -2.15. The van der Waals surface area contributed by atoms with E-state index in [-0.39, 0.29) is 16.9 Å². The van der Waals surface area contributed by atoms with Crippen LogP contribution in [0.25, 0.3) is 5.82 Å². The second-order valence-electron chi connectivity index (χ2n) is 5.77. The van der Waals surface area contributed by atoms with Crippen LogP contribution >= 0.6 is 0 Å². The smallest absolute Gasteiger partial charge is 0.334 e. The molecule has 20 heavy (non-hydrogen) atoms. The number of hydrogen-bond acceptors (Lipinski definition) is 5. The van der Waals surface area contributed by atoms with Crippen molar-refractivity contribution in [3.8, 4) is 5.82 Å².